The van der Waals surface area contributed by atoms with Crippen LogP contribution in [0.5, 0.6) is 5.88 Å². The van der Waals surface area contributed by atoms with Crippen LogP contribution in [0, 0.1) is 17.3 Å². The number of rotatable bonds is 2. The third-order valence-corrected chi connectivity index (χ3v) is 9.16. The summed E-state index contributed by atoms with van der Waals surface area (Å²) in [5.41, 5.74) is 1.55. The van der Waals surface area contributed by atoms with Crippen molar-refractivity contribution in [3.63, 3.8) is 0 Å². The standard InChI is InChI=1S/C32H43ClN4O5/c1-6-21-26-17-37(27(21)18(2)38)30(39)28(32(3,4)5)36-31(40)42-25-15-19(25)11-9-7-8-10-12-23-29(41-26)35-24-16-20(33)13-14-22(24)34-23/h13-14,16,19,21,25-28H,6-12,15,17H2,1-5H3,(H,36,40)/t19-,21-,25-,26+,27-,28-/m1/s1. The minimum Gasteiger partial charge on any atom is -0.471 e. The van der Waals surface area contributed by atoms with Gasteiger partial charge in [0.2, 0.25) is 11.8 Å². The van der Waals surface area contributed by atoms with E-state index in [9.17, 15) is 14.4 Å². The third-order valence-electron chi connectivity index (χ3n) is 8.92. The molecule has 6 atom stereocenters. The van der Waals surface area contributed by atoms with Crippen LogP contribution in [0.2, 0.25) is 5.02 Å². The van der Waals surface area contributed by atoms with E-state index in [1.807, 2.05) is 33.8 Å². The fourth-order valence-electron chi connectivity index (χ4n) is 6.51. The van der Waals surface area contributed by atoms with Gasteiger partial charge in [0, 0.05) is 10.9 Å². The molecule has 1 saturated carbocycles. The van der Waals surface area contributed by atoms with Gasteiger partial charge in [-0.3, -0.25) is 9.59 Å². The summed E-state index contributed by atoms with van der Waals surface area (Å²) in [6.07, 6.45) is 6.18. The number of aromatic nitrogens is 2. The maximum Gasteiger partial charge on any atom is 0.408 e. The lowest BCUT2D eigenvalue weighted by molar-refractivity contribution is -0.141. The van der Waals surface area contributed by atoms with Crippen LogP contribution in [0.4, 0.5) is 4.79 Å². The zero-order valence-electron chi connectivity index (χ0n) is 25.3. The number of nitrogens with zero attached hydrogens (tertiary/aromatic N) is 3. The van der Waals surface area contributed by atoms with Crippen LogP contribution in [-0.2, 0) is 20.7 Å². The Morgan fingerprint density at radius 2 is 1.83 bits per heavy atom. The van der Waals surface area contributed by atoms with Crippen LogP contribution < -0.4 is 10.1 Å². The number of halogens is 1. The highest BCUT2D eigenvalue weighted by atomic mass is 35.5. The monoisotopic (exact) mass is 598 g/mol. The second kappa shape index (κ2) is 12.3. The number of alkyl carbamates (subject to hydrolysis) is 1. The number of nitrogens with one attached hydrogen (secondary N) is 1. The number of hydrogen-bond donors (Lipinski definition) is 1. The van der Waals surface area contributed by atoms with Crippen molar-refractivity contribution >= 4 is 40.4 Å². The van der Waals surface area contributed by atoms with Crippen LogP contribution in [-0.4, -0.2) is 63.5 Å². The van der Waals surface area contributed by atoms with Gasteiger partial charge in [0.15, 0.2) is 5.78 Å². The smallest absolute Gasteiger partial charge is 0.408 e. The van der Waals surface area contributed by atoms with E-state index in [1.54, 1.807) is 17.0 Å². The molecule has 1 N–H and O–H groups in total. The summed E-state index contributed by atoms with van der Waals surface area (Å²) < 4.78 is 12.3. The fourth-order valence-corrected chi connectivity index (χ4v) is 6.68. The Labute approximate surface area is 253 Å². The number of carbonyl (C=O) groups excluding carboxylic acids is 3. The molecule has 0 unspecified atom stereocenters. The molecule has 1 aromatic heterocycles. The molecule has 1 aliphatic carbocycles. The second-order valence-electron chi connectivity index (χ2n) is 13.2. The van der Waals surface area contributed by atoms with Crippen molar-refractivity contribution in [2.45, 2.75) is 110 Å². The summed E-state index contributed by atoms with van der Waals surface area (Å²) in [4.78, 5) is 51.5. The van der Waals surface area contributed by atoms with Gasteiger partial charge in [0.05, 0.1) is 23.6 Å². The van der Waals surface area contributed by atoms with Crippen molar-refractivity contribution in [3.8, 4) is 5.88 Å². The largest absolute Gasteiger partial charge is 0.471 e. The first-order valence-corrected chi connectivity index (χ1v) is 15.7. The molecule has 0 spiro atoms. The first-order valence-electron chi connectivity index (χ1n) is 15.4. The number of hydrogen-bond acceptors (Lipinski definition) is 7. The van der Waals surface area contributed by atoms with Crippen molar-refractivity contribution in [3.05, 3.63) is 28.9 Å². The van der Waals surface area contributed by atoms with E-state index in [1.165, 1.54) is 6.92 Å². The van der Waals surface area contributed by atoms with Gasteiger partial charge in [-0.15, -0.1) is 0 Å². The summed E-state index contributed by atoms with van der Waals surface area (Å²) in [7, 11) is 0. The molecule has 2 aliphatic heterocycles. The van der Waals surface area contributed by atoms with Gasteiger partial charge in [0.25, 0.3) is 0 Å². The van der Waals surface area contributed by atoms with Crippen molar-refractivity contribution in [2.24, 2.45) is 17.3 Å². The number of carbonyl (C=O) groups is 3. The molecule has 42 heavy (non-hydrogen) atoms. The van der Waals surface area contributed by atoms with Crippen molar-refractivity contribution in [1.82, 2.24) is 20.2 Å². The average Bonchev–Trinajstić information content (AvgIpc) is 3.54. The SMILES string of the molecule is CC[C@@H]1[C@@H]2CN(C(=O)[C@H](C(C)(C)C)NC(=O)O[C@@H]3C[C@H]3CCCCCCc3nc4ccc(Cl)cc4nc3O2)[C@@H]1C(C)=O. The van der Waals surface area contributed by atoms with E-state index in [2.05, 4.69) is 5.32 Å². The molecule has 10 heteroatoms. The summed E-state index contributed by atoms with van der Waals surface area (Å²) in [5, 5.41) is 3.42. The molecule has 228 valence electrons. The van der Waals surface area contributed by atoms with Gasteiger partial charge in [-0.25, -0.2) is 14.8 Å². The number of aryl methyl sites for hydroxylation is 1. The number of Topliss-reactive ketones (excluding diaryl/α,β-unsaturated/α-hetero) is 1. The summed E-state index contributed by atoms with van der Waals surface area (Å²) in [6.45, 7) is 9.41. The first-order chi connectivity index (χ1) is 20.0. The van der Waals surface area contributed by atoms with Gasteiger partial charge in [-0.2, -0.15) is 0 Å². The number of amides is 2. The quantitative estimate of drug-likeness (QED) is 0.459. The summed E-state index contributed by atoms with van der Waals surface area (Å²) in [5.74, 6) is 0.118. The average molecular weight is 599 g/mol. The second-order valence-corrected chi connectivity index (χ2v) is 13.7. The van der Waals surface area contributed by atoms with Crippen LogP contribution in [0.3, 0.4) is 0 Å². The van der Waals surface area contributed by atoms with Crippen LogP contribution in [0.25, 0.3) is 11.0 Å². The molecule has 2 bridgehead atoms. The molecule has 1 aromatic carbocycles. The summed E-state index contributed by atoms with van der Waals surface area (Å²) in [6, 6.07) is 3.89. The zero-order chi connectivity index (χ0) is 30.2. The molecule has 3 heterocycles. The van der Waals surface area contributed by atoms with Gasteiger partial charge in [-0.1, -0.05) is 58.6 Å². The Morgan fingerprint density at radius 3 is 2.55 bits per heavy atom. The lowest BCUT2D eigenvalue weighted by atomic mass is 9.85. The predicted octanol–water partition coefficient (Wildman–Crippen LogP) is 5.89. The molecule has 2 aromatic rings. The Bertz CT molecular complexity index is 1340. The predicted molar refractivity (Wildman–Crippen MR) is 160 cm³/mol. The van der Waals surface area contributed by atoms with Gasteiger partial charge < -0.3 is 19.7 Å². The Morgan fingerprint density at radius 1 is 1.07 bits per heavy atom. The van der Waals surface area contributed by atoms with Gasteiger partial charge >= 0.3 is 6.09 Å². The normalized spacial score (nSPS) is 29.2. The number of ketones is 1. The first kappa shape index (κ1) is 30.5. The van der Waals surface area contributed by atoms with Crippen LogP contribution in [0.15, 0.2) is 18.2 Å². The highest BCUT2D eigenvalue weighted by Gasteiger charge is 2.50. The number of benzene rings is 1. The Hall–Kier alpha value is -2.94. The van der Waals surface area contributed by atoms with E-state index in [0.29, 0.717) is 35.2 Å². The lowest BCUT2D eigenvalue weighted by Gasteiger charge is -2.35. The lowest BCUT2D eigenvalue weighted by Crippen LogP contribution is -2.57. The molecule has 3 aliphatic rings. The van der Waals surface area contributed by atoms with E-state index in [0.717, 1.165) is 49.7 Å². The molecule has 2 fully saturated rings. The Balaban J connectivity index is 1.51. The molecular weight excluding hydrogens is 556 g/mol. The zero-order valence-corrected chi connectivity index (χ0v) is 26.1. The highest BCUT2D eigenvalue weighted by molar-refractivity contribution is 6.31. The van der Waals surface area contributed by atoms with Crippen molar-refractivity contribution in [1.29, 1.82) is 0 Å². The van der Waals surface area contributed by atoms with Crippen molar-refractivity contribution < 1.29 is 23.9 Å². The maximum absolute atomic E-state index is 14.2. The molecule has 5 rings (SSSR count). The van der Waals surface area contributed by atoms with Crippen LogP contribution >= 0.6 is 11.6 Å². The molecule has 9 nitrogen and oxygen atoms in total. The molecule has 1 saturated heterocycles. The number of fused-ring (bicyclic) bond motifs is 5. The molecule has 2 amide bonds. The van der Waals surface area contributed by atoms with E-state index in [-0.39, 0.29) is 30.3 Å². The summed E-state index contributed by atoms with van der Waals surface area (Å²) >= 11 is 6.27. The highest BCUT2D eigenvalue weighted by Crippen LogP contribution is 2.39. The van der Waals surface area contributed by atoms with E-state index < -0.39 is 29.7 Å². The van der Waals surface area contributed by atoms with Crippen molar-refractivity contribution in [2.75, 3.05) is 6.54 Å². The maximum atomic E-state index is 14.2. The van der Waals surface area contributed by atoms with Gasteiger partial charge in [0.1, 0.15) is 23.9 Å². The number of ether oxygens (including phenoxy) is 2. The van der Waals surface area contributed by atoms with Gasteiger partial charge in [-0.05, 0) is 68.6 Å². The fraction of sp³-hybridized carbons (Fsp3) is 0.656. The minimum absolute atomic E-state index is 0.106. The topological polar surface area (TPSA) is 111 Å². The van der Waals surface area contributed by atoms with E-state index in [4.69, 9.17) is 31.0 Å². The Kier molecular flexibility index (Phi) is 8.97. The molecule has 0 radical (unpaired) electrons. The van der Waals surface area contributed by atoms with Crippen LogP contribution in [0.1, 0.15) is 85.3 Å². The third kappa shape index (κ3) is 6.66. The minimum atomic E-state index is -0.874. The van der Waals surface area contributed by atoms with E-state index >= 15 is 0 Å². The molecular formula is C32H43ClN4O5.